The zero-order chi connectivity index (χ0) is 14.8. The molecule has 6 nitrogen and oxygen atoms in total. The maximum absolute atomic E-state index is 11.7. The standard InChI is InChI=1S/C13H22N2O4/c1-3-4-5-6-9(2)12(17)15-10(13(18)19)7-8-11(14)16/h6,10H,3-5,7-8H2,1-2H3,(H2,14,16)(H,15,17)(H,18,19)/b9-6+. The first-order chi connectivity index (χ1) is 8.88. The Morgan fingerprint density at radius 3 is 2.47 bits per heavy atom. The average molecular weight is 270 g/mol. The van der Waals surface area contributed by atoms with Crippen molar-refractivity contribution in [2.45, 2.75) is 52.0 Å². The van der Waals surface area contributed by atoms with Gasteiger partial charge in [0.2, 0.25) is 11.8 Å². The van der Waals surface area contributed by atoms with Gasteiger partial charge in [-0.25, -0.2) is 4.79 Å². The molecule has 6 heteroatoms. The number of carboxylic acids is 1. The van der Waals surface area contributed by atoms with E-state index >= 15 is 0 Å². The molecule has 0 bridgehead atoms. The summed E-state index contributed by atoms with van der Waals surface area (Å²) >= 11 is 0. The third-order valence-electron chi connectivity index (χ3n) is 2.65. The number of amides is 2. The van der Waals surface area contributed by atoms with Crippen LogP contribution in [0.15, 0.2) is 11.6 Å². The van der Waals surface area contributed by atoms with Crippen LogP contribution in [0.5, 0.6) is 0 Å². The predicted molar refractivity (Wildman–Crippen MR) is 71.3 cm³/mol. The molecule has 0 saturated carbocycles. The van der Waals surface area contributed by atoms with Crippen LogP contribution >= 0.6 is 0 Å². The molecule has 0 radical (unpaired) electrons. The lowest BCUT2D eigenvalue weighted by atomic mass is 10.1. The van der Waals surface area contributed by atoms with Crippen LogP contribution in [0.4, 0.5) is 0 Å². The van der Waals surface area contributed by atoms with Crippen LogP contribution in [-0.2, 0) is 14.4 Å². The first kappa shape index (κ1) is 17.2. The minimum absolute atomic E-state index is 0.00134. The van der Waals surface area contributed by atoms with E-state index in [1.54, 1.807) is 13.0 Å². The van der Waals surface area contributed by atoms with Crippen molar-refractivity contribution in [3.8, 4) is 0 Å². The number of hydrogen-bond acceptors (Lipinski definition) is 3. The number of hydrogen-bond donors (Lipinski definition) is 3. The molecule has 19 heavy (non-hydrogen) atoms. The van der Waals surface area contributed by atoms with Gasteiger partial charge in [0.15, 0.2) is 0 Å². The largest absolute Gasteiger partial charge is 0.480 e. The van der Waals surface area contributed by atoms with Crippen LogP contribution in [0, 0.1) is 0 Å². The Balaban J connectivity index is 4.41. The molecule has 108 valence electrons. The molecule has 0 heterocycles. The summed E-state index contributed by atoms with van der Waals surface area (Å²) in [7, 11) is 0. The fraction of sp³-hybridized carbons (Fsp3) is 0.615. The number of primary amides is 1. The highest BCUT2D eigenvalue weighted by Gasteiger charge is 2.20. The lowest BCUT2D eigenvalue weighted by molar-refractivity contribution is -0.141. The summed E-state index contributed by atoms with van der Waals surface area (Å²) < 4.78 is 0. The van der Waals surface area contributed by atoms with E-state index in [1.165, 1.54) is 0 Å². The van der Waals surface area contributed by atoms with E-state index in [0.29, 0.717) is 5.57 Å². The van der Waals surface area contributed by atoms with Crippen molar-refractivity contribution in [1.82, 2.24) is 5.32 Å². The van der Waals surface area contributed by atoms with Crippen molar-refractivity contribution in [2.24, 2.45) is 5.73 Å². The Morgan fingerprint density at radius 1 is 1.37 bits per heavy atom. The van der Waals surface area contributed by atoms with Gasteiger partial charge in [-0.05, 0) is 19.8 Å². The molecule has 0 aromatic carbocycles. The molecule has 1 unspecified atom stereocenters. The summed E-state index contributed by atoms with van der Waals surface area (Å²) in [6.45, 7) is 3.69. The van der Waals surface area contributed by atoms with E-state index in [4.69, 9.17) is 10.8 Å². The highest BCUT2D eigenvalue weighted by molar-refractivity contribution is 5.95. The number of carboxylic acid groups (broad SMARTS) is 1. The topological polar surface area (TPSA) is 109 Å². The van der Waals surface area contributed by atoms with Gasteiger partial charge in [0.25, 0.3) is 0 Å². The van der Waals surface area contributed by atoms with Gasteiger partial charge in [-0.1, -0.05) is 25.8 Å². The number of carbonyl (C=O) groups is 3. The van der Waals surface area contributed by atoms with Gasteiger partial charge >= 0.3 is 5.97 Å². The van der Waals surface area contributed by atoms with Gasteiger partial charge in [-0.15, -0.1) is 0 Å². The van der Waals surface area contributed by atoms with Crippen LogP contribution in [0.25, 0.3) is 0 Å². The summed E-state index contributed by atoms with van der Waals surface area (Å²) in [5, 5.41) is 11.3. The third-order valence-corrected chi connectivity index (χ3v) is 2.65. The molecule has 4 N–H and O–H groups in total. The molecule has 0 rings (SSSR count). The zero-order valence-corrected chi connectivity index (χ0v) is 11.4. The third kappa shape index (κ3) is 7.96. The second-order valence-corrected chi connectivity index (χ2v) is 4.40. The first-order valence-corrected chi connectivity index (χ1v) is 6.37. The number of allylic oxidation sites excluding steroid dienone is 1. The summed E-state index contributed by atoms with van der Waals surface area (Å²) in [5.41, 5.74) is 5.44. The van der Waals surface area contributed by atoms with Gasteiger partial charge in [-0.2, -0.15) is 0 Å². The SMILES string of the molecule is CCCC/C=C(\C)C(=O)NC(CCC(N)=O)C(=O)O. The lowest BCUT2D eigenvalue weighted by Crippen LogP contribution is -2.41. The molecular formula is C13H22N2O4. The van der Waals surface area contributed by atoms with Crippen molar-refractivity contribution in [3.63, 3.8) is 0 Å². The summed E-state index contributed by atoms with van der Waals surface area (Å²) in [5.74, 6) is -2.18. The Hall–Kier alpha value is -1.85. The van der Waals surface area contributed by atoms with E-state index in [1.807, 2.05) is 6.92 Å². The maximum atomic E-state index is 11.7. The van der Waals surface area contributed by atoms with Gasteiger partial charge < -0.3 is 16.2 Å². The quantitative estimate of drug-likeness (QED) is 0.428. The molecule has 0 saturated heterocycles. The first-order valence-electron chi connectivity index (χ1n) is 6.37. The second kappa shape index (κ2) is 9.13. The van der Waals surface area contributed by atoms with Crippen molar-refractivity contribution in [2.75, 3.05) is 0 Å². The molecule has 0 fully saturated rings. The van der Waals surface area contributed by atoms with Crippen LogP contribution < -0.4 is 11.1 Å². The Labute approximate surface area is 113 Å². The van der Waals surface area contributed by atoms with Crippen LogP contribution in [0.3, 0.4) is 0 Å². The highest BCUT2D eigenvalue weighted by Crippen LogP contribution is 2.03. The van der Waals surface area contributed by atoms with Crippen molar-refractivity contribution in [1.29, 1.82) is 0 Å². The fourth-order valence-electron chi connectivity index (χ4n) is 1.43. The molecule has 0 spiro atoms. The summed E-state index contributed by atoms with van der Waals surface area (Å²) in [4.78, 5) is 33.3. The Morgan fingerprint density at radius 2 is 2.00 bits per heavy atom. The molecule has 2 amide bonds. The van der Waals surface area contributed by atoms with E-state index < -0.39 is 23.8 Å². The molecular weight excluding hydrogens is 248 g/mol. The normalized spacial score (nSPS) is 12.8. The van der Waals surface area contributed by atoms with E-state index in [9.17, 15) is 14.4 Å². The molecule has 0 aromatic rings. The predicted octanol–water partition coefficient (Wildman–Crippen LogP) is 0.958. The van der Waals surface area contributed by atoms with Gasteiger partial charge in [0.1, 0.15) is 6.04 Å². The van der Waals surface area contributed by atoms with E-state index in [0.717, 1.165) is 19.3 Å². The Bertz CT molecular complexity index is 364. The molecule has 1 atom stereocenters. The number of unbranched alkanes of at least 4 members (excludes halogenated alkanes) is 2. The minimum Gasteiger partial charge on any atom is -0.480 e. The second-order valence-electron chi connectivity index (χ2n) is 4.40. The van der Waals surface area contributed by atoms with Gasteiger partial charge in [0.05, 0.1) is 0 Å². The highest BCUT2D eigenvalue weighted by atomic mass is 16.4. The van der Waals surface area contributed by atoms with Gasteiger partial charge in [-0.3, -0.25) is 9.59 Å². The maximum Gasteiger partial charge on any atom is 0.326 e. The summed E-state index contributed by atoms with van der Waals surface area (Å²) in [6.07, 6.45) is 4.51. The average Bonchev–Trinajstić information content (AvgIpc) is 2.33. The van der Waals surface area contributed by atoms with Crippen LogP contribution in [-0.4, -0.2) is 28.9 Å². The molecule has 0 aliphatic rings. The summed E-state index contributed by atoms with van der Waals surface area (Å²) in [6, 6.07) is -1.09. The van der Waals surface area contributed by atoms with Crippen molar-refractivity contribution >= 4 is 17.8 Å². The van der Waals surface area contributed by atoms with Crippen molar-refractivity contribution < 1.29 is 19.5 Å². The van der Waals surface area contributed by atoms with Gasteiger partial charge in [0, 0.05) is 12.0 Å². The van der Waals surface area contributed by atoms with E-state index in [-0.39, 0.29) is 12.8 Å². The Kier molecular flexibility index (Phi) is 8.24. The molecule has 0 aliphatic carbocycles. The molecule has 0 aromatic heterocycles. The smallest absolute Gasteiger partial charge is 0.326 e. The number of nitrogens with one attached hydrogen (secondary N) is 1. The number of rotatable bonds is 9. The fourth-order valence-corrected chi connectivity index (χ4v) is 1.43. The van der Waals surface area contributed by atoms with E-state index in [2.05, 4.69) is 5.32 Å². The lowest BCUT2D eigenvalue weighted by Gasteiger charge is -2.13. The minimum atomic E-state index is -1.17. The number of carbonyl (C=O) groups excluding carboxylic acids is 2. The zero-order valence-electron chi connectivity index (χ0n) is 11.4. The van der Waals surface area contributed by atoms with Crippen molar-refractivity contribution in [3.05, 3.63) is 11.6 Å². The van der Waals surface area contributed by atoms with Crippen LogP contribution in [0.1, 0.15) is 46.0 Å². The number of nitrogens with two attached hydrogens (primary N) is 1. The molecule has 0 aliphatic heterocycles. The van der Waals surface area contributed by atoms with Crippen LogP contribution in [0.2, 0.25) is 0 Å². The monoisotopic (exact) mass is 270 g/mol. The number of aliphatic carboxylic acids is 1.